The molecule has 0 fully saturated rings. The largest absolute Gasteiger partial charge is 0.380 e. The minimum absolute atomic E-state index is 0.151. The predicted molar refractivity (Wildman–Crippen MR) is 76.7 cm³/mol. The van der Waals surface area contributed by atoms with Crippen molar-refractivity contribution >= 4 is 27.1 Å². The summed E-state index contributed by atoms with van der Waals surface area (Å²) in [5.41, 5.74) is -0.147. The third-order valence-corrected chi connectivity index (χ3v) is 4.00. The highest BCUT2D eigenvalue weighted by atomic mass is 32.2. The molecule has 1 aromatic carbocycles. The van der Waals surface area contributed by atoms with Crippen molar-refractivity contribution in [2.45, 2.75) is 11.8 Å². The highest BCUT2D eigenvalue weighted by Gasteiger charge is 2.29. The smallest absolute Gasteiger partial charge is 0.312 e. The zero-order chi connectivity index (χ0) is 15.5. The van der Waals surface area contributed by atoms with Gasteiger partial charge in [0.05, 0.1) is 16.8 Å². The average Bonchev–Trinajstić information content (AvgIpc) is 2.90. The monoisotopic (exact) mass is 311 g/mol. The quantitative estimate of drug-likeness (QED) is 0.548. The van der Waals surface area contributed by atoms with E-state index >= 15 is 0 Å². The maximum atomic E-state index is 12.3. The Morgan fingerprint density at radius 2 is 2.19 bits per heavy atom. The third-order valence-electron chi connectivity index (χ3n) is 2.59. The molecule has 112 valence electrons. The second-order valence-electron chi connectivity index (χ2n) is 4.03. The highest BCUT2D eigenvalue weighted by molar-refractivity contribution is 7.92. The van der Waals surface area contributed by atoms with E-state index in [0.29, 0.717) is 6.54 Å². The standard InChI is InChI=1S/C11H13N5O4S/c1-2-12-9-4-3-5-10(11(9)16(17)18)21(19,20)15-8-6-13-14-7-8/h3-7,12,15H,2H2,1H3,(H,13,14). The van der Waals surface area contributed by atoms with E-state index in [1.165, 1.54) is 30.6 Å². The molecule has 3 N–H and O–H groups in total. The van der Waals surface area contributed by atoms with Gasteiger partial charge in [-0.15, -0.1) is 0 Å². The summed E-state index contributed by atoms with van der Waals surface area (Å²) in [4.78, 5) is 10.1. The molecule has 2 rings (SSSR count). The number of nitro benzene ring substituents is 1. The van der Waals surface area contributed by atoms with E-state index in [1.54, 1.807) is 6.92 Å². The Bertz CT molecular complexity index is 742. The fourth-order valence-electron chi connectivity index (χ4n) is 1.78. The van der Waals surface area contributed by atoms with E-state index in [0.717, 1.165) is 0 Å². The first-order valence-corrected chi connectivity index (χ1v) is 7.47. The fourth-order valence-corrected chi connectivity index (χ4v) is 3.01. The number of para-hydroxylation sites is 1. The molecule has 0 amide bonds. The molecular formula is C11H13N5O4S. The molecule has 0 saturated heterocycles. The van der Waals surface area contributed by atoms with Crippen LogP contribution in [0.1, 0.15) is 6.92 Å². The van der Waals surface area contributed by atoms with E-state index in [2.05, 4.69) is 20.2 Å². The molecule has 21 heavy (non-hydrogen) atoms. The van der Waals surface area contributed by atoms with Crippen LogP contribution < -0.4 is 10.0 Å². The van der Waals surface area contributed by atoms with E-state index in [1.807, 2.05) is 0 Å². The Morgan fingerprint density at radius 3 is 2.76 bits per heavy atom. The Morgan fingerprint density at radius 1 is 1.43 bits per heavy atom. The highest BCUT2D eigenvalue weighted by Crippen LogP contribution is 2.32. The number of rotatable bonds is 6. The molecule has 1 aromatic heterocycles. The van der Waals surface area contributed by atoms with Crippen LogP contribution in [-0.2, 0) is 10.0 Å². The molecule has 0 unspecified atom stereocenters. The van der Waals surface area contributed by atoms with Gasteiger partial charge in [0, 0.05) is 12.7 Å². The molecule has 1 heterocycles. The molecular weight excluding hydrogens is 298 g/mol. The second kappa shape index (κ2) is 5.79. The van der Waals surface area contributed by atoms with Crippen LogP contribution in [0, 0.1) is 10.1 Å². The Kier molecular flexibility index (Phi) is 4.08. The number of nitro groups is 1. The van der Waals surface area contributed by atoms with Gasteiger partial charge < -0.3 is 5.32 Å². The zero-order valence-corrected chi connectivity index (χ0v) is 11.8. The first kappa shape index (κ1) is 14.8. The third kappa shape index (κ3) is 3.11. The average molecular weight is 311 g/mol. The lowest BCUT2D eigenvalue weighted by molar-refractivity contribution is -0.386. The SMILES string of the molecule is CCNc1cccc(S(=O)(=O)Nc2cn[nH]c2)c1[N+](=O)[O-]. The van der Waals surface area contributed by atoms with E-state index < -0.39 is 25.5 Å². The number of H-pyrrole nitrogens is 1. The topological polar surface area (TPSA) is 130 Å². The second-order valence-corrected chi connectivity index (χ2v) is 5.68. The van der Waals surface area contributed by atoms with Crippen molar-refractivity contribution in [1.82, 2.24) is 10.2 Å². The van der Waals surface area contributed by atoms with Crippen molar-refractivity contribution in [3.05, 3.63) is 40.7 Å². The van der Waals surface area contributed by atoms with Gasteiger partial charge in [-0.25, -0.2) is 8.42 Å². The lowest BCUT2D eigenvalue weighted by atomic mass is 10.2. The molecule has 0 saturated carbocycles. The maximum Gasteiger partial charge on any atom is 0.312 e. The summed E-state index contributed by atoms with van der Waals surface area (Å²) in [6.07, 6.45) is 2.59. The van der Waals surface area contributed by atoms with Gasteiger partial charge in [0.15, 0.2) is 4.90 Å². The van der Waals surface area contributed by atoms with Gasteiger partial charge in [0.2, 0.25) is 0 Å². The van der Waals surface area contributed by atoms with Crippen LogP contribution in [0.2, 0.25) is 0 Å². The number of aromatic nitrogens is 2. The fraction of sp³-hybridized carbons (Fsp3) is 0.182. The zero-order valence-electron chi connectivity index (χ0n) is 11.0. The number of nitrogens with one attached hydrogen (secondary N) is 3. The van der Waals surface area contributed by atoms with E-state index in [4.69, 9.17) is 0 Å². The summed E-state index contributed by atoms with van der Waals surface area (Å²) in [5.74, 6) is 0. The van der Waals surface area contributed by atoms with Crippen molar-refractivity contribution < 1.29 is 13.3 Å². The molecule has 0 aliphatic heterocycles. The van der Waals surface area contributed by atoms with Crippen LogP contribution in [0.3, 0.4) is 0 Å². The van der Waals surface area contributed by atoms with Crippen LogP contribution in [0.5, 0.6) is 0 Å². The van der Waals surface area contributed by atoms with Crippen LogP contribution in [-0.4, -0.2) is 30.1 Å². The van der Waals surface area contributed by atoms with Gasteiger partial charge in [-0.3, -0.25) is 19.9 Å². The number of anilines is 2. The Balaban J connectivity index is 2.52. The van der Waals surface area contributed by atoms with Gasteiger partial charge in [-0.1, -0.05) is 6.07 Å². The van der Waals surface area contributed by atoms with Gasteiger partial charge in [-0.2, -0.15) is 5.10 Å². The van der Waals surface area contributed by atoms with Gasteiger partial charge >= 0.3 is 5.69 Å². The number of nitrogens with zero attached hydrogens (tertiary/aromatic N) is 2. The van der Waals surface area contributed by atoms with Gasteiger partial charge in [0.25, 0.3) is 10.0 Å². The summed E-state index contributed by atoms with van der Waals surface area (Å²) in [5, 5.41) is 20.1. The normalized spacial score (nSPS) is 11.1. The lowest BCUT2D eigenvalue weighted by Gasteiger charge is -2.10. The molecule has 0 spiro atoms. The first-order chi connectivity index (χ1) is 9.95. The Hall–Kier alpha value is -2.62. The number of hydrogen-bond donors (Lipinski definition) is 3. The summed E-state index contributed by atoms with van der Waals surface area (Å²) in [7, 11) is -4.09. The van der Waals surface area contributed by atoms with E-state index in [9.17, 15) is 18.5 Å². The first-order valence-electron chi connectivity index (χ1n) is 5.98. The number of hydrogen-bond acceptors (Lipinski definition) is 6. The molecule has 2 aromatic rings. The van der Waals surface area contributed by atoms with Crippen molar-refractivity contribution in [2.75, 3.05) is 16.6 Å². The summed E-state index contributed by atoms with van der Waals surface area (Å²) in [6.45, 7) is 2.19. The lowest BCUT2D eigenvalue weighted by Crippen LogP contribution is -2.15. The molecule has 9 nitrogen and oxygen atoms in total. The van der Waals surface area contributed by atoms with Gasteiger partial charge in [-0.05, 0) is 19.1 Å². The molecule has 0 atom stereocenters. The maximum absolute atomic E-state index is 12.3. The van der Waals surface area contributed by atoms with Crippen molar-refractivity contribution in [1.29, 1.82) is 0 Å². The van der Waals surface area contributed by atoms with Crippen LogP contribution in [0.25, 0.3) is 0 Å². The van der Waals surface area contributed by atoms with Gasteiger partial charge in [0.1, 0.15) is 5.69 Å². The number of sulfonamides is 1. The van der Waals surface area contributed by atoms with E-state index in [-0.39, 0.29) is 11.4 Å². The molecule has 0 bridgehead atoms. The summed E-state index contributed by atoms with van der Waals surface area (Å²) < 4.78 is 26.8. The molecule has 0 aliphatic carbocycles. The van der Waals surface area contributed by atoms with Crippen LogP contribution in [0.4, 0.5) is 17.1 Å². The summed E-state index contributed by atoms with van der Waals surface area (Å²) >= 11 is 0. The van der Waals surface area contributed by atoms with Crippen LogP contribution in [0.15, 0.2) is 35.5 Å². The van der Waals surface area contributed by atoms with Crippen molar-refractivity contribution in [3.63, 3.8) is 0 Å². The minimum Gasteiger partial charge on any atom is -0.380 e. The van der Waals surface area contributed by atoms with Crippen LogP contribution >= 0.6 is 0 Å². The predicted octanol–water partition coefficient (Wildman–Crippen LogP) is 1.55. The molecule has 0 radical (unpaired) electrons. The number of benzene rings is 1. The molecule has 0 aliphatic rings. The molecule has 10 heteroatoms. The van der Waals surface area contributed by atoms with Crippen molar-refractivity contribution in [2.24, 2.45) is 0 Å². The minimum atomic E-state index is -4.09. The Labute approximate surface area is 120 Å². The van der Waals surface area contributed by atoms with Crippen molar-refractivity contribution in [3.8, 4) is 0 Å². The number of aromatic amines is 1. The summed E-state index contributed by atoms with van der Waals surface area (Å²) in [6, 6.07) is 4.08.